The van der Waals surface area contributed by atoms with Crippen LogP contribution in [-0.2, 0) is 10.1 Å². The molecule has 4 aromatic rings. The first-order valence-corrected chi connectivity index (χ1v) is 9.60. The van der Waals surface area contributed by atoms with Gasteiger partial charge < -0.3 is 10.0 Å². The molecule has 0 saturated heterocycles. The summed E-state index contributed by atoms with van der Waals surface area (Å²) in [6.07, 6.45) is 0. The largest absolute Gasteiger partial charge is 0.488 e. The Morgan fingerprint density at radius 1 is 0.630 bits per heavy atom. The van der Waals surface area contributed by atoms with Gasteiger partial charge in [-0.15, -0.1) is 0 Å². The van der Waals surface area contributed by atoms with Crippen molar-refractivity contribution in [3.05, 3.63) is 84.9 Å². The first kappa shape index (κ1) is 19.1. The fourth-order valence-electron chi connectivity index (χ4n) is 2.70. The van der Waals surface area contributed by atoms with Crippen LogP contribution in [0.15, 0.2) is 89.8 Å². The van der Waals surface area contributed by atoms with Gasteiger partial charge in [-0.2, -0.15) is 8.42 Å². The summed E-state index contributed by atoms with van der Waals surface area (Å²) in [4.78, 5) is -0.0730. The lowest BCUT2D eigenvalue weighted by molar-refractivity contribution is 0.426. The molecule has 7 heteroatoms. The van der Waals surface area contributed by atoms with Crippen molar-refractivity contribution in [2.24, 2.45) is 0 Å². The number of fused-ring (bicyclic) bond motifs is 2. The molecule has 0 fully saturated rings. The molecule has 5 nitrogen and oxygen atoms in total. The minimum atomic E-state index is -4.09. The molecule has 0 saturated carbocycles. The molecule has 0 aromatic heterocycles. The lowest BCUT2D eigenvalue weighted by Crippen LogP contribution is -2.29. The summed E-state index contributed by atoms with van der Waals surface area (Å²) >= 11 is 0. The van der Waals surface area contributed by atoms with Gasteiger partial charge in [-0.1, -0.05) is 72.8 Å². The van der Waals surface area contributed by atoms with E-state index < -0.39 is 17.2 Å². The molecular weight excluding hydrogens is 363 g/mol. The summed E-state index contributed by atoms with van der Waals surface area (Å²) in [6, 6.07) is 25.0. The number of benzene rings is 4. The SMILES string of the molecule is O=S(=O)(O)c1ccc2ccccc2c1.OB(O)c1ccc2ccccc2c1. The van der Waals surface area contributed by atoms with Crippen LogP contribution >= 0.6 is 0 Å². The van der Waals surface area contributed by atoms with E-state index >= 15 is 0 Å². The fraction of sp³-hybridized carbons (Fsp3) is 0. The van der Waals surface area contributed by atoms with E-state index in [0.717, 1.165) is 21.5 Å². The fourth-order valence-corrected chi connectivity index (χ4v) is 3.21. The third kappa shape index (κ3) is 4.72. The first-order valence-electron chi connectivity index (χ1n) is 8.16. The van der Waals surface area contributed by atoms with Gasteiger partial charge in [0.2, 0.25) is 0 Å². The molecule has 0 unspecified atom stereocenters. The highest BCUT2D eigenvalue weighted by Gasteiger charge is 2.10. The zero-order valence-corrected chi connectivity index (χ0v) is 15.0. The minimum absolute atomic E-state index is 0.0730. The Morgan fingerprint density at radius 2 is 1.11 bits per heavy atom. The van der Waals surface area contributed by atoms with Gasteiger partial charge in [0, 0.05) is 0 Å². The van der Waals surface area contributed by atoms with Crippen molar-refractivity contribution >= 4 is 44.2 Å². The summed E-state index contributed by atoms with van der Waals surface area (Å²) in [7, 11) is -5.48. The maximum atomic E-state index is 10.8. The van der Waals surface area contributed by atoms with Gasteiger partial charge in [0.15, 0.2) is 0 Å². The quantitative estimate of drug-likeness (QED) is 0.367. The molecule has 0 heterocycles. The summed E-state index contributed by atoms with van der Waals surface area (Å²) in [5, 5.41) is 21.7. The van der Waals surface area contributed by atoms with Crippen LogP contribution in [-0.4, -0.2) is 30.1 Å². The number of rotatable bonds is 2. The molecular formula is C20H17BO5S. The summed E-state index contributed by atoms with van der Waals surface area (Å²) in [5.41, 5.74) is 0.527. The highest BCUT2D eigenvalue weighted by atomic mass is 32.2. The normalized spacial score (nSPS) is 11.1. The van der Waals surface area contributed by atoms with Crippen molar-refractivity contribution in [1.82, 2.24) is 0 Å². The second kappa shape index (κ2) is 7.90. The predicted molar refractivity (Wildman–Crippen MR) is 108 cm³/mol. The molecule has 0 atom stereocenters. The van der Waals surface area contributed by atoms with Crippen molar-refractivity contribution < 1.29 is 23.0 Å². The van der Waals surface area contributed by atoms with E-state index in [4.69, 9.17) is 14.6 Å². The highest BCUT2D eigenvalue weighted by Crippen LogP contribution is 2.18. The van der Waals surface area contributed by atoms with Crippen LogP contribution in [0.3, 0.4) is 0 Å². The molecule has 27 heavy (non-hydrogen) atoms. The van der Waals surface area contributed by atoms with Gasteiger partial charge in [-0.05, 0) is 39.1 Å². The van der Waals surface area contributed by atoms with Crippen LogP contribution in [0.2, 0.25) is 0 Å². The Balaban J connectivity index is 0.000000156. The Labute approximate surface area is 157 Å². The minimum Gasteiger partial charge on any atom is -0.423 e. The zero-order valence-electron chi connectivity index (χ0n) is 14.2. The Bertz CT molecular complexity index is 1190. The van der Waals surface area contributed by atoms with E-state index in [1.54, 1.807) is 24.3 Å². The standard InChI is InChI=1S/C10H9BO2.C10H8O3S/c12-11(13)10-6-5-8-3-1-2-4-9(8)7-10;11-14(12,13)10-6-5-8-3-1-2-4-9(8)7-10/h1-7,12-13H;1-7H,(H,11,12,13). The molecule has 0 aliphatic carbocycles. The van der Waals surface area contributed by atoms with Crippen molar-refractivity contribution in [2.45, 2.75) is 4.90 Å². The van der Waals surface area contributed by atoms with Crippen LogP contribution in [0, 0.1) is 0 Å². The number of hydrogen-bond acceptors (Lipinski definition) is 4. The zero-order chi connectivity index (χ0) is 19.4. The Hall–Kier alpha value is -2.71. The van der Waals surface area contributed by atoms with E-state index in [1.807, 2.05) is 48.5 Å². The maximum absolute atomic E-state index is 10.8. The molecule has 0 radical (unpaired) electrons. The molecule has 4 rings (SSSR count). The molecule has 3 N–H and O–H groups in total. The van der Waals surface area contributed by atoms with Gasteiger partial charge in [0.05, 0.1) is 4.90 Å². The molecule has 0 spiro atoms. The van der Waals surface area contributed by atoms with E-state index in [-0.39, 0.29) is 4.90 Å². The average molecular weight is 380 g/mol. The molecule has 0 bridgehead atoms. The van der Waals surface area contributed by atoms with E-state index in [0.29, 0.717) is 5.46 Å². The second-order valence-corrected chi connectivity index (χ2v) is 7.39. The van der Waals surface area contributed by atoms with Crippen LogP contribution in [0.5, 0.6) is 0 Å². The summed E-state index contributed by atoms with van der Waals surface area (Å²) in [6.45, 7) is 0. The van der Waals surface area contributed by atoms with E-state index in [1.165, 1.54) is 12.1 Å². The van der Waals surface area contributed by atoms with Crippen LogP contribution in [0.4, 0.5) is 0 Å². The van der Waals surface area contributed by atoms with Gasteiger partial charge in [-0.25, -0.2) is 0 Å². The first-order chi connectivity index (χ1) is 12.8. The lowest BCUT2D eigenvalue weighted by atomic mass is 9.79. The predicted octanol–water partition coefficient (Wildman–Crippen LogP) is 2.61. The third-order valence-electron chi connectivity index (χ3n) is 4.09. The molecule has 4 aromatic carbocycles. The molecule has 0 aliphatic heterocycles. The van der Waals surface area contributed by atoms with Crippen molar-refractivity contribution in [2.75, 3.05) is 0 Å². The van der Waals surface area contributed by atoms with Gasteiger partial charge in [0.1, 0.15) is 0 Å². The topological polar surface area (TPSA) is 94.8 Å². The Kier molecular flexibility index (Phi) is 5.58. The van der Waals surface area contributed by atoms with Crippen LogP contribution in [0.1, 0.15) is 0 Å². The summed E-state index contributed by atoms with van der Waals surface area (Å²) < 4.78 is 30.5. The van der Waals surface area contributed by atoms with Crippen molar-refractivity contribution in [3.63, 3.8) is 0 Å². The molecule has 136 valence electrons. The molecule has 0 aliphatic rings. The van der Waals surface area contributed by atoms with Crippen LogP contribution in [0.25, 0.3) is 21.5 Å². The van der Waals surface area contributed by atoms with Gasteiger partial charge >= 0.3 is 7.12 Å². The highest BCUT2D eigenvalue weighted by molar-refractivity contribution is 7.85. The monoisotopic (exact) mass is 380 g/mol. The second-order valence-electron chi connectivity index (χ2n) is 5.96. The summed E-state index contributed by atoms with van der Waals surface area (Å²) in [5.74, 6) is 0. The third-order valence-corrected chi connectivity index (χ3v) is 4.94. The van der Waals surface area contributed by atoms with Crippen molar-refractivity contribution in [3.8, 4) is 0 Å². The van der Waals surface area contributed by atoms with Crippen molar-refractivity contribution in [1.29, 1.82) is 0 Å². The van der Waals surface area contributed by atoms with E-state index in [9.17, 15) is 8.42 Å². The molecule has 0 amide bonds. The van der Waals surface area contributed by atoms with Gasteiger partial charge in [0.25, 0.3) is 10.1 Å². The Morgan fingerprint density at radius 3 is 1.63 bits per heavy atom. The average Bonchev–Trinajstić information content (AvgIpc) is 2.67. The van der Waals surface area contributed by atoms with E-state index in [2.05, 4.69) is 0 Å². The number of hydrogen-bond donors (Lipinski definition) is 3. The lowest BCUT2D eigenvalue weighted by Gasteiger charge is -2.01. The van der Waals surface area contributed by atoms with Crippen LogP contribution < -0.4 is 5.46 Å². The maximum Gasteiger partial charge on any atom is 0.488 e. The van der Waals surface area contributed by atoms with Gasteiger partial charge in [-0.3, -0.25) is 4.55 Å². The smallest absolute Gasteiger partial charge is 0.423 e.